The molecule has 0 amide bonds. The molecule has 3 aromatic rings. The van der Waals surface area contributed by atoms with Gasteiger partial charge in [0.2, 0.25) is 0 Å². The molecule has 4 rings (SSSR count). The number of benzene rings is 2. The molecule has 1 aromatic heterocycles. The van der Waals surface area contributed by atoms with Gasteiger partial charge < -0.3 is 0 Å². The van der Waals surface area contributed by atoms with Gasteiger partial charge in [-0.1, -0.05) is 54.1 Å². The Morgan fingerprint density at radius 2 is 1.91 bits per heavy atom. The highest BCUT2D eigenvalue weighted by atomic mass is 16.1. The van der Waals surface area contributed by atoms with Gasteiger partial charge in [-0.2, -0.15) is 5.10 Å². The van der Waals surface area contributed by atoms with E-state index in [1.807, 2.05) is 35.1 Å². The fourth-order valence-electron chi connectivity index (χ4n) is 3.40. The minimum absolute atomic E-state index is 0.226. The summed E-state index contributed by atoms with van der Waals surface area (Å²) in [5.41, 5.74) is 6.32. The zero-order chi connectivity index (χ0) is 15.8. The van der Waals surface area contributed by atoms with Gasteiger partial charge in [0.1, 0.15) is 5.69 Å². The van der Waals surface area contributed by atoms with Gasteiger partial charge >= 0.3 is 0 Å². The lowest BCUT2D eigenvalue weighted by Gasteiger charge is -2.12. The normalized spacial score (nSPS) is 16.3. The van der Waals surface area contributed by atoms with Crippen molar-refractivity contribution in [3.05, 3.63) is 77.0 Å². The van der Waals surface area contributed by atoms with Crippen LogP contribution in [0.25, 0.3) is 11.3 Å². The van der Waals surface area contributed by atoms with Gasteiger partial charge in [0.15, 0.2) is 6.29 Å². The number of aromatic nitrogens is 2. The van der Waals surface area contributed by atoms with Crippen molar-refractivity contribution < 1.29 is 4.79 Å². The van der Waals surface area contributed by atoms with Gasteiger partial charge in [-0.25, -0.2) is 0 Å². The van der Waals surface area contributed by atoms with Gasteiger partial charge in [0, 0.05) is 11.8 Å². The lowest BCUT2D eigenvalue weighted by atomic mass is 10.1. The SMILES string of the molecule is Cc1ccc(-c2nn(C3CCc4ccccc43)cc2C=O)cc1. The molecule has 3 nitrogen and oxygen atoms in total. The largest absolute Gasteiger partial charge is 0.298 e. The first-order valence-corrected chi connectivity index (χ1v) is 7.95. The molecular formula is C20H18N2O. The molecule has 1 aliphatic carbocycles. The van der Waals surface area contributed by atoms with Crippen molar-refractivity contribution in [1.29, 1.82) is 0 Å². The lowest BCUT2D eigenvalue weighted by Crippen LogP contribution is -2.07. The Labute approximate surface area is 135 Å². The number of rotatable bonds is 3. The molecule has 1 unspecified atom stereocenters. The number of carbonyl (C=O) groups excluding carboxylic acids is 1. The molecule has 0 spiro atoms. The predicted octanol–water partition coefficient (Wildman–Crippen LogP) is 4.21. The van der Waals surface area contributed by atoms with Crippen LogP contribution >= 0.6 is 0 Å². The van der Waals surface area contributed by atoms with E-state index < -0.39 is 0 Å². The van der Waals surface area contributed by atoms with Crippen LogP contribution in [0.2, 0.25) is 0 Å². The molecule has 1 aliphatic rings. The highest BCUT2D eigenvalue weighted by Gasteiger charge is 2.25. The summed E-state index contributed by atoms with van der Waals surface area (Å²) in [6.07, 6.45) is 4.89. The first kappa shape index (κ1) is 13.9. The second kappa shape index (κ2) is 5.51. The van der Waals surface area contributed by atoms with Crippen LogP contribution in [0.1, 0.15) is 39.5 Å². The summed E-state index contributed by atoms with van der Waals surface area (Å²) in [6, 6.07) is 16.9. The summed E-state index contributed by atoms with van der Waals surface area (Å²) >= 11 is 0. The third-order valence-corrected chi connectivity index (χ3v) is 4.63. The fourth-order valence-corrected chi connectivity index (χ4v) is 3.40. The molecule has 0 aliphatic heterocycles. The highest BCUT2D eigenvalue weighted by Crippen LogP contribution is 2.35. The van der Waals surface area contributed by atoms with E-state index >= 15 is 0 Å². The van der Waals surface area contributed by atoms with Crippen LogP contribution in [0.5, 0.6) is 0 Å². The lowest BCUT2D eigenvalue weighted by molar-refractivity contribution is 0.112. The van der Waals surface area contributed by atoms with Crippen LogP contribution in [0.15, 0.2) is 54.7 Å². The zero-order valence-electron chi connectivity index (χ0n) is 13.1. The molecule has 0 bridgehead atoms. The van der Waals surface area contributed by atoms with Crippen LogP contribution in [-0.4, -0.2) is 16.1 Å². The Morgan fingerprint density at radius 3 is 2.70 bits per heavy atom. The molecule has 2 aromatic carbocycles. The smallest absolute Gasteiger partial charge is 0.153 e. The molecule has 0 N–H and O–H groups in total. The number of aryl methyl sites for hydroxylation is 2. The van der Waals surface area contributed by atoms with E-state index in [0.29, 0.717) is 5.56 Å². The molecule has 23 heavy (non-hydrogen) atoms. The van der Waals surface area contributed by atoms with Crippen LogP contribution < -0.4 is 0 Å². The van der Waals surface area contributed by atoms with Crippen LogP contribution in [0.4, 0.5) is 0 Å². The minimum Gasteiger partial charge on any atom is -0.298 e. The maximum Gasteiger partial charge on any atom is 0.153 e. The standard InChI is InChI=1S/C20H18N2O/c1-14-6-8-16(9-7-14)20-17(13-23)12-22(21-20)19-11-10-15-4-2-3-5-18(15)19/h2-9,12-13,19H,10-11H2,1H3. The average molecular weight is 302 g/mol. The summed E-state index contributed by atoms with van der Waals surface area (Å²) in [5.74, 6) is 0. The topological polar surface area (TPSA) is 34.9 Å². The third-order valence-electron chi connectivity index (χ3n) is 4.63. The van der Waals surface area contributed by atoms with Crippen molar-refractivity contribution in [3.8, 4) is 11.3 Å². The highest BCUT2D eigenvalue weighted by molar-refractivity contribution is 5.85. The van der Waals surface area contributed by atoms with Crippen molar-refractivity contribution in [3.63, 3.8) is 0 Å². The summed E-state index contributed by atoms with van der Waals surface area (Å²) in [5, 5.41) is 4.75. The molecule has 1 heterocycles. The fraction of sp³-hybridized carbons (Fsp3) is 0.200. The van der Waals surface area contributed by atoms with E-state index in [9.17, 15) is 4.79 Å². The quantitative estimate of drug-likeness (QED) is 0.679. The minimum atomic E-state index is 0.226. The number of carbonyl (C=O) groups is 1. The van der Waals surface area contributed by atoms with Crippen molar-refractivity contribution >= 4 is 6.29 Å². The Kier molecular flexibility index (Phi) is 3.34. The van der Waals surface area contributed by atoms with E-state index in [1.54, 1.807) is 0 Å². The van der Waals surface area contributed by atoms with Crippen molar-refractivity contribution in [2.45, 2.75) is 25.8 Å². The third kappa shape index (κ3) is 2.38. The molecule has 0 saturated carbocycles. The van der Waals surface area contributed by atoms with Crippen molar-refractivity contribution in [2.24, 2.45) is 0 Å². The van der Waals surface area contributed by atoms with Gasteiger partial charge in [-0.05, 0) is 30.9 Å². The van der Waals surface area contributed by atoms with E-state index in [-0.39, 0.29) is 6.04 Å². The van der Waals surface area contributed by atoms with Gasteiger partial charge in [-0.3, -0.25) is 9.48 Å². The molecule has 1 atom stereocenters. The molecule has 3 heteroatoms. The Morgan fingerprint density at radius 1 is 1.13 bits per heavy atom. The Balaban J connectivity index is 1.77. The maximum absolute atomic E-state index is 11.5. The van der Waals surface area contributed by atoms with Gasteiger partial charge in [0.05, 0.1) is 11.6 Å². The Bertz CT molecular complexity index is 862. The molecule has 0 fully saturated rings. The van der Waals surface area contributed by atoms with Crippen molar-refractivity contribution in [2.75, 3.05) is 0 Å². The number of fused-ring (bicyclic) bond motifs is 1. The van der Waals surface area contributed by atoms with E-state index in [0.717, 1.165) is 30.4 Å². The number of hydrogen-bond donors (Lipinski definition) is 0. The summed E-state index contributed by atoms with van der Waals surface area (Å²) in [4.78, 5) is 11.5. The number of aldehydes is 1. The monoisotopic (exact) mass is 302 g/mol. The van der Waals surface area contributed by atoms with E-state index in [1.165, 1.54) is 16.7 Å². The average Bonchev–Trinajstić information content (AvgIpc) is 3.19. The summed E-state index contributed by atoms with van der Waals surface area (Å²) in [7, 11) is 0. The van der Waals surface area contributed by atoms with Crippen LogP contribution in [0, 0.1) is 6.92 Å². The Hall–Kier alpha value is -2.68. The first-order chi connectivity index (χ1) is 11.3. The summed E-state index contributed by atoms with van der Waals surface area (Å²) in [6.45, 7) is 2.05. The number of hydrogen-bond acceptors (Lipinski definition) is 2. The van der Waals surface area contributed by atoms with E-state index in [2.05, 4.69) is 31.2 Å². The predicted molar refractivity (Wildman–Crippen MR) is 90.7 cm³/mol. The second-order valence-electron chi connectivity index (χ2n) is 6.15. The van der Waals surface area contributed by atoms with Gasteiger partial charge in [-0.15, -0.1) is 0 Å². The molecular weight excluding hydrogens is 284 g/mol. The number of nitrogens with zero attached hydrogens (tertiary/aromatic N) is 2. The van der Waals surface area contributed by atoms with Crippen molar-refractivity contribution in [1.82, 2.24) is 9.78 Å². The molecule has 0 radical (unpaired) electrons. The maximum atomic E-state index is 11.5. The van der Waals surface area contributed by atoms with Gasteiger partial charge in [0.25, 0.3) is 0 Å². The van der Waals surface area contributed by atoms with Crippen LogP contribution in [-0.2, 0) is 6.42 Å². The van der Waals surface area contributed by atoms with Crippen LogP contribution in [0.3, 0.4) is 0 Å². The zero-order valence-corrected chi connectivity index (χ0v) is 13.1. The second-order valence-corrected chi connectivity index (χ2v) is 6.15. The molecule has 114 valence electrons. The molecule has 0 saturated heterocycles. The first-order valence-electron chi connectivity index (χ1n) is 7.95. The summed E-state index contributed by atoms with van der Waals surface area (Å²) < 4.78 is 1.96. The van der Waals surface area contributed by atoms with E-state index in [4.69, 9.17) is 5.10 Å².